The number of hydrogen-bond acceptors (Lipinski definition) is 4. The van der Waals surface area contributed by atoms with Crippen molar-refractivity contribution < 1.29 is 14.3 Å². The summed E-state index contributed by atoms with van der Waals surface area (Å²) in [5.74, 6) is 0.588. The molecule has 2 fully saturated rings. The molecule has 0 bridgehead atoms. The number of nitrogens with zero attached hydrogens (tertiary/aromatic N) is 2. The van der Waals surface area contributed by atoms with Gasteiger partial charge in [0.15, 0.2) is 0 Å². The van der Waals surface area contributed by atoms with Crippen LogP contribution in [0.3, 0.4) is 0 Å². The van der Waals surface area contributed by atoms with Crippen molar-refractivity contribution in [3.8, 4) is 0 Å². The minimum absolute atomic E-state index is 0.0609. The Morgan fingerprint density at radius 3 is 2.41 bits per heavy atom. The van der Waals surface area contributed by atoms with Crippen LogP contribution in [0.2, 0.25) is 0 Å². The Hall–Kier alpha value is -1.92. The third kappa shape index (κ3) is 5.17. The average molecular weight is 400 g/mol. The molecule has 0 radical (unpaired) electrons. The predicted molar refractivity (Wildman–Crippen MR) is 111 cm³/mol. The van der Waals surface area contributed by atoms with E-state index in [0.717, 1.165) is 78.0 Å². The van der Waals surface area contributed by atoms with Crippen LogP contribution in [0.25, 0.3) is 0 Å². The predicted octanol–water partition coefficient (Wildman–Crippen LogP) is 1.83. The van der Waals surface area contributed by atoms with Gasteiger partial charge in [0.25, 0.3) is 0 Å². The number of carbonyl (C=O) groups is 2. The molecule has 0 spiro atoms. The molecule has 4 rings (SSSR count). The molecule has 6 nitrogen and oxygen atoms in total. The number of amides is 2. The lowest BCUT2D eigenvalue weighted by Crippen LogP contribution is -2.44. The van der Waals surface area contributed by atoms with Gasteiger partial charge in [-0.25, -0.2) is 0 Å². The van der Waals surface area contributed by atoms with Gasteiger partial charge in [0.2, 0.25) is 11.8 Å². The van der Waals surface area contributed by atoms with Crippen LogP contribution in [-0.4, -0.2) is 67.6 Å². The van der Waals surface area contributed by atoms with Gasteiger partial charge in [-0.15, -0.1) is 0 Å². The summed E-state index contributed by atoms with van der Waals surface area (Å²) in [6, 6.07) is 8.42. The largest absolute Gasteiger partial charge is 0.379 e. The highest BCUT2D eigenvalue weighted by molar-refractivity contribution is 5.81. The lowest BCUT2D eigenvalue weighted by Gasteiger charge is -2.34. The van der Waals surface area contributed by atoms with Gasteiger partial charge in [-0.1, -0.05) is 24.3 Å². The van der Waals surface area contributed by atoms with E-state index in [-0.39, 0.29) is 23.7 Å². The maximum atomic E-state index is 13.0. The van der Waals surface area contributed by atoms with E-state index in [0.29, 0.717) is 6.54 Å². The van der Waals surface area contributed by atoms with Crippen molar-refractivity contribution in [1.29, 1.82) is 0 Å². The number of hydrogen-bond donors (Lipinski definition) is 1. The molecule has 0 unspecified atom stereocenters. The summed E-state index contributed by atoms with van der Waals surface area (Å²) < 4.78 is 5.35. The third-order valence-corrected chi connectivity index (χ3v) is 6.72. The van der Waals surface area contributed by atoms with Gasteiger partial charge < -0.3 is 15.0 Å². The second kappa shape index (κ2) is 9.72. The quantitative estimate of drug-likeness (QED) is 0.821. The molecule has 2 amide bonds. The summed E-state index contributed by atoms with van der Waals surface area (Å²) >= 11 is 0. The summed E-state index contributed by atoms with van der Waals surface area (Å²) in [5.41, 5.74) is 2.65. The zero-order valence-corrected chi connectivity index (χ0v) is 17.3. The van der Waals surface area contributed by atoms with Crippen LogP contribution in [0.4, 0.5) is 0 Å². The molecule has 29 heavy (non-hydrogen) atoms. The molecule has 158 valence electrons. The smallest absolute Gasteiger partial charge is 0.225 e. The maximum absolute atomic E-state index is 13.0. The first-order chi connectivity index (χ1) is 14.2. The Bertz CT molecular complexity index is 709. The summed E-state index contributed by atoms with van der Waals surface area (Å²) in [7, 11) is 0. The molecule has 3 aliphatic rings. The van der Waals surface area contributed by atoms with Crippen molar-refractivity contribution in [2.24, 2.45) is 11.8 Å². The van der Waals surface area contributed by atoms with Gasteiger partial charge in [0.05, 0.1) is 13.2 Å². The summed E-state index contributed by atoms with van der Waals surface area (Å²) in [4.78, 5) is 29.9. The fourth-order valence-electron chi connectivity index (χ4n) is 4.85. The molecular formula is C23H33N3O3. The summed E-state index contributed by atoms with van der Waals surface area (Å²) in [6.45, 7) is 6.61. The van der Waals surface area contributed by atoms with Crippen LogP contribution in [0.5, 0.6) is 0 Å². The van der Waals surface area contributed by atoms with Crippen LogP contribution in [0.15, 0.2) is 24.3 Å². The van der Waals surface area contributed by atoms with Crippen LogP contribution in [0.1, 0.15) is 36.8 Å². The first-order valence-corrected chi connectivity index (χ1v) is 11.1. The van der Waals surface area contributed by atoms with Crippen molar-refractivity contribution in [2.45, 2.75) is 38.6 Å². The molecule has 1 aromatic rings. The average Bonchev–Trinajstić information content (AvgIpc) is 2.79. The van der Waals surface area contributed by atoms with E-state index in [1.807, 2.05) is 4.90 Å². The van der Waals surface area contributed by atoms with E-state index in [4.69, 9.17) is 4.74 Å². The van der Waals surface area contributed by atoms with Crippen LogP contribution < -0.4 is 5.32 Å². The first kappa shape index (κ1) is 20.4. The number of morpholine rings is 1. The molecular weight excluding hydrogens is 366 g/mol. The van der Waals surface area contributed by atoms with Gasteiger partial charge in [-0.2, -0.15) is 0 Å². The molecule has 6 heteroatoms. The Kier molecular flexibility index (Phi) is 6.82. The zero-order chi connectivity index (χ0) is 20.1. The van der Waals surface area contributed by atoms with Gasteiger partial charge in [0, 0.05) is 51.1 Å². The molecule has 1 saturated carbocycles. The SMILES string of the molecule is O=C(NCCN1CCOCC1)C1CCC(C(=O)N2CCc3ccccc3C2)CC1. The first-order valence-electron chi connectivity index (χ1n) is 11.1. The van der Waals surface area contributed by atoms with Gasteiger partial charge in [-0.05, 0) is 43.2 Å². The molecule has 0 atom stereocenters. The highest BCUT2D eigenvalue weighted by Crippen LogP contribution is 2.31. The van der Waals surface area contributed by atoms with Crippen molar-refractivity contribution in [2.75, 3.05) is 45.9 Å². The Labute approximate surface area is 173 Å². The number of ether oxygens (including phenoxy) is 1. The van der Waals surface area contributed by atoms with Crippen molar-refractivity contribution >= 4 is 11.8 Å². The summed E-state index contributed by atoms with van der Waals surface area (Å²) in [5, 5.41) is 3.10. The molecule has 1 aliphatic carbocycles. The number of rotatable bonds is 5. The maximum Gasteiger partial charge on any atom is 0.225 e. The molecule has 2 heterocycles. The highest BCUT2D eigenvalue weighted by atomic mass is 16.5. The number of nitrogens with one attached hydrogen (secondary N) is 1. The van der Waals surface area contributed by atoms with E-state index < -0.39 is 0 Å². The van der Waals surface area contributed by atoms with Crippen LogP contribution >= 0.6 is 0 Å². The Morgan fingerprint density at radius 2 is 1.66 bits per heavy atom. The number of fused-ring (bicyclic) bond motifs is 1. The second-order valence-electron chi connectivity index (χ2n) is 8.57. The lowest BCUT2D eigenvalue weighted by atomic mass is 9.80. The minimum Gasteiger partial charge on any atom is -0.379 e. The molecule has 1 saturated heterocycles. The van der Waals surface area contributed by atoms with E-state index in [1.165, 1.54) is 11.1 Å². The van der Waals surface area contributed by atoms with E-state index in [1.54, 1.807) is 0 Å². The Balaban J connectivity index is 1.19. The normalized spacial score (nSPS) is 25.3. The van der Waals surface area contributed by atoms with Gasteiger partial charge >= 0.3 is 0 Å². The highest BCUT2D eigenvalue weighted by Gasteiger charge is 2.33. The topological polar surface area (TPSA) is 61.9 Å². The van der Waals surface area contributed by atoms with Crippen LogP contribution in [0, 0.1) is 11.8 Å². The van der Waals surface area contributed by atoms with E-state index in [9.17, 15) is 9.59 Å². The van der Waals surface area contributed by atoms with E-state index >= 15 is 0 Å². The minimum atomic E-state index is 0.0609. The zero-order valence-electron chi connectivity index (χ0n) is 17.3. The van der Waals surface area contributed by atoms with Crippen LogP contribution in [-0.2, 0) is 27.3 Å². The molecule has 0 aromatic heterocycles. The lowest BCUT2D eigenvalue weighted by molar-refractivity contribution is -0.139. The standard InChI is InChI=1S/C23H33N3O3/c27-22(24-10-12-25-13-15-29-16-14-25)19-5-7-20(8-6-19)23(28)26-11-9-18-3-1-2-4-21(18)17-26/h1-4,19-20H,5-17H2,(H,24,27). The van der Waals surface area contributed by atoms with Crippen molar-refractivity contribution in [3.63, 3.8) is 0 Å². The van der Waals surface area contributed by atoms with Crippen molar-refractivity contribution in [1.82, 2.24) is 15.1 Å². The number of carbonyl (C=O) groups excluding carboxylic acids is 2. The molecule has 1 aromatic carbocycles. The fraction of sp³-hybridized carbons (Fsp3) is 0.652. The third-order valence-electron chi connectivity index (χ3n) is 6.72. The molecule has 2 aliphatic heterocycles. The molecule has 1 N–H and O–H groups in total. The van der Waals surface area contributed by atoms with E-state index in [2.05, 4.69) is 34.5 Å². The Morgan fingerprint density at radius 1 is 0.966 bits per heavy atom. The second-order valence-corrected chi connectivity index (χ2v) is 8.57. The number of benzene rings is 1. The van der Waals surface area contributed by atoms with Gasteiger partial charge in [0.1, 0.15) is 0 Å². The van der Waals surface area contributed by atoms with Crippen molar-refractivity contribution in [3.05, 3.63) is 35.4 Å². The monoisotopic (exact) mass is 399 g/mol. The fourth-order valence-corrected chi connectivity index (χ4v) is 4.85. The van der Waals surface area contributed by atoms with Gasteiger partial charge in [-0.3, -0.25) is 14.5 Å². The summed E-state index contributed by atoms with van der Waals surface area (Å²) in [6.07, 6.45) is 4.26.